The lowest BCUT2D eigenvalue weighted by Gasteiger charge is -2.12. The molecule has 0 spiro atoms. The molecule has 2 rings (SSSR count). The van der Waals surface area contributed by atoms with Gasteiger partial charge in [-0.3, -0.25) is 9.89 Å². The number of nitrogens with one attached hydrogen (secondary N) is 2. The highest BCUT2D eigenvalue weighted by atomic mass is 16.2. The topological polar surface area (TPSA) is 83.8 Å². The van der Waals surface area contributed by atoms with Gasteiger partial charge in [0.05, 0.1) is 11.4 Å². The average Bonchev–Trinajstić information content (AvgIpc) is 2.75. The maximum atomic E-state index is 12.4. The van der Waals surface area contributed by atoms with Gasteiger partial charge >= 0.3 is 0 Å². The SMILES string of the molecule is Cc1cc(C)c(NC(=O)c2n[nH]c(C(C)C)c2N)c(C)c1. The molecule has 1 heterocycles. The van der Waals surface area contributed by atoms with Crippen LogP contribution in [0.2, 0.25) is 0 Å². The summed E-state index contributed by atoms with van der Waals surface area (Å²) in [6, 6.07) is 4.08. The molecule has 5 heteroatoms. The number of anilines is 2. The Morgan fingerprint density at radius 1 is 1.24 bits per heavy atom. The van der Waals surface area contributed by atoms with Crippen molar-refractivity contribution in [1.82, 2.24) is 10.2 Å². The Balaban J connectivity index is 2.31. The van der Waals surface area contributed by atoms with Crippen molar-refractivity contribution < 1.29 is 4.79 Å². The summed E-state index contributed by atoms with van der Waals surface area (Å²) >= 11 is 0. The van der Waals surface area contributed by atoms with Crippen molar-refractivity contribution in [2.75, 3.05) is 11.1 Å². The summed E-state index contributed by atoms with van der Waals surface area (Å²) in [6.45, 7) is 9.98. The molecule has 0 bridgehead atoms. The minimum absolute atomic E-state index is 0.196. The van der Waals surface area contributed by atoms with Crippen LogP contribution in [-0.2, 0) is 0 Å². The monoisotopic (exact) mass is 286 g/mol. The molecule has 1 amide bonds. The fraction of sp³-hybridized carbons (Fsp3) is 0.375. The smallest absolute Gasteiger partial charge is 0.278 e. The van der Waals surface area contributed by atoms with Gasteiger partial charge in [-0.15, -0.1) is 0 Å². The van der Waals surface area contributed by atoms with E-state index in [0.717, 1.165) is 22.5 Å². The number of hydrogen-bond donors (Lipinski definition) is 3. The Hall–Kier alpha value is -2.30. The highest BCUT2D eigenvalue weighted by molar-refractivity contribution is 6.07. The molecule has 1 aromatic carbocycles. The fourth-order valence-corrected chi connectivity index (χ4v) is 2.53. The van der Waals surface area contributed by atoms with E-state index in [1.807, 2.05) is 46.8 Å². The molecule has 0 aliphatic heterocycles. The van der Waals surface area contributed by atoms with Gasteiger partial charge in [-0.1, -0.05) is 31.5 Å². The number of carbonyl (C=O) groups is 1. The lowest BCUT2D eigenvalue weighted by molar-refractivity contribution is 0.102. The standard InChI is InChI=1S/C16H22N4O/c1-8(2)13-12(17)15(20-19-13)16(21)18-14-10(4)6-9(3)7-11(14)5/h6-8H,17H2,1-5H3,(H,18,21)(H,19,20). The van der Waals surface area contributed by atoms with Crippen LogP contribution in [0.5, 0.6) is 0 Å². The van der Waals surface area contributed by atoms with Crippen LogP contribution in [-0.4, -0.2) is 16.1 Å². The molecule has 0 atom stereocenters. The van der Waals surface area contributed by atoms with E-state index in [4.69, 9.17) is 5.73 Å². The zero-order valence-electron chi connectivity index (χ0n) is 13.2. The number of rotatable bonds is 3. The van der Waals surface area contributed by atoms with Crippen LogP contribution in [0.1, 0.15) is 52.6 Å². The van der Waals surface area contributed by atoms with Crippen molar-refractivity contribution >= 4 is 17.3 Å². The molecular formula is C16H22N4O. The summed E-state index contributed by atoms with van der Waals surface area (Å²) in [6.07, 6.45) is 0. The van der Waals surface area contributed by atoms with Crippen LogP contribution < -0.4 is 11.1 Å². The van der Waals surface area contributed by atoms with E-state index in [0.29, 0.717) is 5.69 Å². The number of nitrogens with two attached hydrogens (primary N) is 1. The second kappa shape index (κ2) is 5.60. The zero-order valence-corrected chi connectivity index (χ0v) is 13.2. The van der Waals surface area contributed by atoms with Crippen molar-refractivity contribution in [1.29, 1.82) is 0 Å². The largest absolute Gasteiger partial charge is 0.395 e. The van der Waals surface area contributed by atoms with Crippen LogP contribution in [0.25, 0.3) is 0 Å². The third kappa shape index (κ3) is 2.91. The normalized spacial score (nSPS) is 11.0. The summed E-state index contributed by atoms with van der Waals surface area (Å²) in [4.78, 5) is 12.4. The van der Waals surface area contributed by atoms with Gasteiger partial charge < -0.3 is 11.1 Å². The number of aromatic amines is 1. The number of H-pyrrole nitrogens is 1. The van der Waals surface area contributed by atoms with Crippen molar-refractivity contribution in [3.05, 3.63) is 40.2 Å². The Labute approximate surface area is 124 Å². The fourth-order valence-electron chi connectivity index (χ4n) is 2.53. The predicted octanol–water partition coefficient (Wildman–Crippen LogP) is 3.29. The molecule has 0 aliphatic rings. The summed E-state index contributed by atoms with van der Waals surface area (Å²) in [5, 5.41) is 9.80. The number of nitrogens with zero attached hydrogens (tertiary/aromatic N) is 1. The van der Waals surface area contributed by atoms with E-state index in [-0.39, 0.29) is 17.5 Å². The molecular weight excluding hydrogens is 264 g/mol. The Morgan fingerprint density at radius 3 is 2.29 bits per heavy atom. The van der Waals surface area contributed by atoms with E-state index >= 15 is 0 Å². The number of hydrogen-bond acceptors (Lipinski definition) is 3. The molecule has 0 radical (unpaired) electrons. The van der Waals surface area contributed by atoms with Crippen molar-refractivity contribution in [3.63, 3.8) is 0 Å². The molecule has 0 saturated carbocycles. The van der Waals surface area contributed by atoms with Crippen molar-refractivity contribution in [2.24, 2.45) is 0 Å². The number of carbonyl (C=O) groups excluding carboxylic acids is 1. The van der Waals surface area contributed by atoms with Gasteiger partial charge in [-0.2, -0.15) is 5.10 Å². The van der Waals surface area contributed by atoms with Gasteiger partial charge in [0.1, 0.15) is 0 Å². The van der Waals surface area contributed by atoms with Gasteiger partial charge in [0, 0.05) is 5.69 Å². The van der Waals surface area contributed by atoms with Gasteiger partial charge in [0.25, 0.3) is 5.91 Å². The maximum Gasteiger partial charge on any atom is 0.278 e. The van der Waals surface area contributed by atoms with E-state index in [9.17, 15) is 4.79 Å². The molecule has 21 heavy (non-hydrogen) atoms. The third-order valence-corrected chi connectivity index (χ3v) is 3.54. The van der Waals surface area contributed by atoms with E-state index in [1.165, 1.54) is 5.56 Å². The number of amides is 1. The maximum absolute atomic E-state index is 12.4. The molecule has 2 aromatic rings. The zero-order chi connectivity index (χ0) is 15.7. The molecule has 0 aliphatic carbocycles. The third-order valence-electron chi connectivity index (χ3n) is 3.54. The summed E-state index contributed by atoms with van der Waals surface area (Å²) in [5.74, 6) is -0.0902. The quantitative estimate of drug-likeness (QED) is 0.809. The molecule has 0 unspecified atom stereocenters. The average molecular weight is 286 g/mol. The van der Waals surface area contributed by atoms with Gasteiger partial charge in [-0.25, -0.2) is 0 Å². The first-order valence-corrected chi connectivity index (χ1v) is 7.04. The first-order valence-electron chi connectivity index (χ1n) is 7.04. The Bertz CT molecular complexity index is 663. The molecule has 1 aromatic heterocycles. The van der Waals surface area contributed by atoms with Gasteiger partial charge in [-0.05, 0) is 37.8 Å². The van der Waals surface area contributed by atoms with Crippen LogP contribution >= 0.6 is 0 Å². The summed E-state index contributed by atoms with van der Waals surface area (Å²) < 4.78 is 0. The van der Waals surface area contributed by atoms with Crippen LogP contribution in [0, 0.1) is 20.8 Å². The first kappa shape index (κ1) is 15.1. The number of aryl methyl sites for hydroxylation is 3. The van der Waals surface area contributed by atoms with Gasteiger partial charge in [0.2, 0.25) is 0 Å². The lowest BCUT2D eigenvalue weighted by atomic mass is 10.0. The van der Waals surface area contributed by atoms with Crippen LogP contribution in [0.3, 0.4) is 0 Å². The minimum Gasteiger partial charge on any atom is -0.395 e. The number of aromatic nitrogens is 2. The molecule has 4 N–H and O–H groups in total. The van der Waals surface area contributed by atoms with E-state index in [2.05, 4.69) is 15.5 Å². The minimum atomic E-state index is -0.286. The number of nitrogen functional groups attached to an aromatic ring is 1. The lowest BCUT2D eigenvalue weighted by Crippen LogP contribution is -2.16. The summed E-state index contributed by atoms with van der Waals surface area (Å²) in [7, 11) is 0. The molecule has 112 valence electrons. The van der Waals surface area contributed by atoms with Crippen LogP contribution in [0.15, 0.2) is 12.1 Å². The van der Waals surface area contributed by atoms with Gasteiger partial charge in [0.15, 0.2) is 5.69 Å². The van der Waals surface area contributed by atoms with E-state index < -0.39 is 0 Å². The van der Waals surface area contributed by atoms with Crippen molar-refractivity contribution in [3.8, 4) is 0 Å². The highest BCUT2D eigenvalue weighted by Crippen LogP contribution is 2.25. The first-order chi connectivity index (χ1) is 9.81. The van der Waals surface area contributed by atoms with Crippen LogP contribution in [0.4, 0.5) is 11.4 Å². The molecule has 5 nitrogen and oxygen atoms in total. The Kier molecular flexibility index (Phi) is 4.02. The second-order valence-electron chi connectivity index (χ2n) is 5.78. The predicted molar refractivity (Wildman–Crippen MR) is 85.7 cm³/mol. The highest BCUT2D eigenvalue weighted by Gasteiger charge is 2.20. The molecule has 0 fully saturated rings. The number of benzene rings is 1. The summed E-state index contributed by atoms with van der Waals surface area (Å²) in [5.41, 5.74) is 11.5. The van der Waals surface area contributed by atoms with E-state index in [1.54, 1.807) is 0 Å². The van der Waals surface area contributed by atoms with Crippen molar-refractivity contribution in [2.45, 2.75) is 40.5 Å². The Morgan fingerprint density at radius 2 is 1.81 bits per heavy atom. The second-order valence-corrected chi connectivity index (χ2v) is 5.78. The molecule has 0 saturated heterocycles.